The van der Waals surface area contributed by atoms with Gasteiger partial charge in [-0.15, -0.1) is 11.3 Å². The number of nitrogens with zero attached hydrogens (tertiary/aromatic N) is 4. The Bertz CT molecular complexity index is 2060. The molecule has 4 aromatic rings. The van der Waals surface area contributed by atoms with E-state index in [1.165, 1.54) is 11.3 Å². The molecule has 0 fully saturated rings. The molecule has 0 bridgehead atoms. The number of esters is 1. The zero-order chi connectivity index (χ0) is 31.9. The zero-order valence-electron chi connectivity index (χ0n) is 25.7. The molecule has 1 aliphatic heterocycles. The van der Waals surface area contributed by atoms with Crippen molar-refractivity contribution in [3.05, 3.63) is 98.2 Å². The Hall–Kier alpha value is -3.72. The van der Waals surface area contributed by atoms with Gasteiger partial charge in [0.2, 0.25) is 0 Å². The van der Waals surface area contributed by atoms with Crippen LogP contribution in [0.5, 0.6) is 5.75 Å². The molecular weight excluding hydrogens is 660 g/mol. The number of halogens is 1. The summed E-state index contributed by atoms with van der Waals surface area (Å²) in [5, 5.41) is 10.8. The minimum atomic E-state index is -0.788. The molecule has 1 atom stereocenters. The SMILES string of the molecule is CCCC1=C(C(=O)OCC)[C@@H](c2cc(Br)ccc2OC)n2c(s/c(=C\c3cc(C)n(-c4sc(C)c(C)c4C#N)c3C)c2=O)=N1. The number of hydrogen-bond acceptors (Lipinski definition) is 8. The van der Waals surface area contributed by atoms with Crippen molar-refractivity contribution in [3.63, 3.8) is 0 Å². The van der Waals surface area contributed by atoms with Gasteiger partial charge in [0, 0.05) is 26.3 Å². The maximum atomic E-state index is 14.3. The lowest BCUT2D eigenvalue weighted by Crippen LogP contribution is -2.40. The van der Waals surface area contributed by atoms with Crippen LogP contribution in [0.25, 0.3) is 11.1 Å². The van der Waals surface area contributed by atoms with E-state index in [4.69, 9.17) is 14.5 Å². The zero-order valence-corrected chi connectivity index (χ0v) is 28.9. The van der Waals surface area contributed by atoms with Gasteiger partial charge in [0.15, 0.2) is 4.80 Å². The third kappa shape index (κ3) is 5.40. The van der Waals surface area contributed by atoms with Crippen molar-refractivity contribution in [2.24, 2.45) is 4.99 Å². The van der Waals surface area contributed by atoms with Crippen LogP contribution in [-0.2, 0) is 9.53 Å². The first-order valence-corrected chi connectivity index (χ1v) is 16.7. The fraction of sp³-hybridized carbons (Fsp3) is 0.333. The molecule has 3 aromatic heterocycles. The Morgan fingerprint density at radius 3 is 2.59 bits per heavy atom. The molecule has 1 aliphatic rings. The first-order chi connectivity index (χ1) is 21.1. The van der Waals surface area contributed by atoms with E-state index in [0.717, 1.165) is 43.3 Å². The van der Waals surface area contributed by atoms with Crippen LogP contribution in [0.3, 0.4) is 0 Å². The van der Waals surface area contributed by atoms with Crippen molar-refractivity contribution in [1.29, 1.82) is 5.26 Å². The van der Waals surface area contributed by atoms with Gasteiger partial charge in [-0.25, -0.2) is 9.79 Å². The summed E-state index contributed by atoms with van der Waals surface area (Å²) in [7, 11) is 1.57. The van der Waals surface area contributed by atoms with E-state index in [-0.39, 0.29) is 12.2 Å². The van der Waals surface area contributed by atoms with E-state index >= 15 is 0 Å². The normalized spacial score (nSPS) is 14.8. The number of aryl methyl sites for hydroxylation is 2. The molecule has 1 aromatic carbocycles. The number of methoxy groups -OCH3 is 1. The Kier molecular flexibility index (Phi) is 9.16. The lowest BCUT2D eigenvalue weighted by molar-refractivity contribution is -0.139. The van der Waals surface area contributed by atoms with Crippen LogP contribution in [0.15, 0.2) is 49.8 Å². The first-order valence-electron chi connectivity index (χ1n) is 14.3. The number of carbonyl (C=O) groups excluding carboxylic acids is 1. The Morgan fingerprint density at radius 2 is 1.93 bits per heavy atom. The van der Waals surface area contributed by atoms with Crippen molar-refractivity contribution < 1.29 is 14.3 Å². The summed E-state index contributed by atoms with van der Waals surface area (Å²) in [6.07, 6.45) is 3.19. The first kappa shape index (κ1) is 31.7. The maximum absolute atomic E-state index is 14.3. The molecule has 0 saturated heterocycles. The summed E-state index contributed by atoms with van der Waals surface area (Å²) in [5.74, 6) is 0.0464. The molecule has 0 saturated carbocycles. The van der Waals surface area contributed by atoms with Crippen molar-refractivity contribution in [3.8, 4) is 16.8 Å². The van der Waals surface area contributed by atoms with Crippen LogP contribution >= 0.6 is 38.6 Å². The predicted octanol–water partition coefficient (Wildman–Crippen LogP) is 6.31. The highest BCUT2D eigenvalue weighted by Crippen LogP contribution is 2.38. The van der Waals surface area contributed by atoms with Crippen LogP contribution in [0.2, 0.25) is 0 Å². The van der Waals surface area contributed by atoms with Crippen LogP contribution in [0.4, 0.5) is 0 Å². The highest BCUT2D eigenvalue weighted by atomic mass is 79.9. The monoisotopic (exact) mass is 692 g/mol. The van der Waals surface area contributed by atoms with Gasteiger partial charge >= 0.3 is 5.97 Å². The third-order valence-corrected chi connectivity index (χ3v) is 10.5. The number of thiazole rings is 1. The third-order valence-electron chi connectivity index (χ3n) is 7.82. The van der Waals surface area contributed by atoms with Gasteiger partial charge in [0.05, 0.1) is 35.1 Å². The summed E-state index contributed by atoms with van der Waals surface area (Å²) in [5.41, 5.74) is 5.76. The van der Waals surface area contributed by atoms with Gasteiger partial charge in [-0.1, -0.05) is 40.6 Å². The van der Waals surface area contributed by atoms with Gasteiger partial charge in [0.1, 0.15) is 22.9 Å². The highest BCUT2D eigenvalue weighted by Gasteiger charge is 2.36. The van der Waals surface area contributed by atoms with E-state index < -0.39 is 12.0 Å². The molecule has 0 aliphatic carbocycles. The molecule has 0 unspecified atom stereocenters. The molecule has 5 rings (SSSR count). The quantitative estimate of drug-likeness (QED) is 0.202. The number of benzene rings is 1. The molecule has 0 amide bonds. The Balaban J connectivity index is 1.77. The number of ether oxygens (including phenoxy) is 2. The summed E-state index contributed by atoms with van der Waals surface area (Å²) >= 11 is 6.45. The minimum Gasteiger partial charge on any atom is -0.496 e. The second-order valence-corrected chi connectivity index (χ2v) is 13.7. The lowest BCUT2D eigenvalue weighted by Gasteiger charge is -2.27. The number of carbonyl (C=O) groups is 1. The summed E-state index contributed by atoms with van der Waals surface area (Å²) in [4.78, 5) is 34.3. The van der Waals surface area contributed by atoms with Crippen molar-refractivity contribution >= 4 is 50.6 Å². The summed E-state index contributed by atoms with van der Waals surface area (Å²) in [6.45, 7) is 12.0. The number of hydrogen-bond donors (Lipinski definition) is 0. The number of aromatic nitrogens is 2. The molecular formula is C33H33BrN4O4S2. The molecule has 4 heterocycles. The Labute approximate surface area is 272 Å². The molecule has 228 valence electrons. The van der Waals surface area contributed by atoms with Crippen molar-refractivity contribution in [2.75, 3.05) is 13.7 Å². The van der Waals surface area contributed by atoms with Gasteiger partial charge in [0.25, 0.3) is 5.56 Å². The second kappa shape index (κ2) is 12.7. The van der Waals surface area contributed by atoms with Gasteiger partial charge in [-0.3, -0.25) is 9.36 Å². The number of nitriles is 1. The smallest absolute Gasteiger partial charge is 0.338 e. The van der Waals surface area contributed by atoms with Gasteiger partial charge in [-0.05, 0) is 82.5 Å². The topological polar surface area (TPSA) is 98.6 Å². The molecule has 0 radical (unpaired) electrons. The molecule has 44 heavy (non-hydrogen) atoms. The second-order valence-electron chi connectivity index (χ2n) is 10.5. The standard InChI is InChI=1S/C33H33BrN4O4S2/c1-8-10-25-28(32(40)42-9-2)29(23-15-22(34)11-12-26(23)41-7)38-30(39)27(44-33(38)36-25)14-21-13-17(3)37(19(21)5)31-24(16-35)18(4)20(6)43-31/h11-15,29H,8-10H2,1-7H3/b27-14-/t29-/m1/s1. The number of rotatable bonds is 8. The van der Waals surface area contributed by atoms with Gasteiger partial charge in [-0.2, -0.15) is 5.26 Å². The van der Waals surface area contributed by atoms with Crippen LogP contribution < -0.4 is 19.6 Å². The van der Waals surface area contributed by atoms with Crippen LogP contribution in [0, 0.1) is 39.0 Å². The summed E-state index contributed by atoms with van der Waals surface area (Å²) < 4.78 is 16.2. The van der Waals surface area contributed by atoms with E-state index in [1.807, 2.05) is 65.0 Å². The molecule has 8 nitrogen and oxygen atoms in total. The fourth-order valence-corrected chi connectivity index (χ4v) is 8.23. The van der Waals surface area contributed by atoms with Crippen molar-refractivity contribution in [2.45, 2.75) is 60.4 Å². The minimum absolute atomic E-state index is 0.195. The maximum Gasteiger partial charge on any atom is 0.338 e. The average molecular weight is 694 g/mol. The molecule has 0 N–H and O–H groups in total. The molecule has 11 heteroatoms. The van der Waals surface area contributed by atoms with E-state index in [2.05, 4.69) is 26.6 Å². The van der Waals surface area contributed by atoms with Gasteiger partial charge < -0.3 is 14.0 Å². The number of allylic oxidation sites excluding steroid dienone is 1. The Morgan fingerprint density at radius 1 is 1.18 bits per heavy atom. The summed E-state index contributed by atoms with van der Waals surface area (Å²) in [6, 6.07) is 9.16. The number of fused-ring (bicyclic) bond motifs is 1. The van der Waals surface area contributed by atoms with E-state index in [9.17, 15) is 14.9 Å². The molecule has 0 spiro atoms. The van der Waals surface area contributed by atoms with E-state index in [0.29, 0.717) is 43.9 Å². The average Bonchev–Trinajstić information content (AvgIpc) is 3.56. The highest BCUT2D eigenvalue weighted by molar-refractivity contribution is 9.10. The van der Waals surface area contributed by atoms with E-state index in [1.54, 1.807) is 29.9 Å². The lowest BCUT2D eigenvalue weighted by atomic mass is 9.93. The number of thiophene rings is 1. The largest absolute Gasteiger partial charge is 0.496 e. The predicted molar refractivity (Wildman–Crippen MR) is 178 cm³/mol. The van der Waals surface area contributed by atoms with Crippen LogP contribution in [-0.4, -0.2) is 28.8 Å². The van der Waals surface area contributed by atoms with Crippen molar-refractivity contribution in [1.82, 2.24) is 9.13 Å². The fourth-order valence-electron chi connectivity index (χ4n) is 5.62. The van der Waals surface area contributed by atoms with Crippen LogP contribution in [0.1, 0.15) is 71.2 Å².